The summed E-state index contributed by atoms with van der Waals surface area (Å²) < 4.78 is 21.6. The van der Waals surface area contributed by atoms with Gasteiger partial charge in [-0.1, -0.05) is 41.0 Å². The van der Waals surface area contributed by atoms with E-state index < -0.39 is 0 Å². The summed E-state index contributed by atoms with van der Waals surface area (Å²) in [7, 11) is 0. The molecule has 144 valence electrons. The topological polar surface area (TPSA) is 49.0 Å². The van der Waals surface area contributed by atoms with E-state index in [2.05, 4.69) is 26.1 Å². The Balaban J connectivity index is -0.00000141. The Morgan fingerprint density at radius 2 is 1.17 bits per heavy atom. The Bertz CT molecular complexity index is 198. The molecule has 0 fully saturated rings. The average Bonchev–Trinajstić information content (AvgIpc) is 2.56. The summed E-state index contributed by atoms with van der Waals surface area (Å²) >= 11 is 0. The van der Waals surface area contributed by atoms with Gasteiger partial charge in [0.25, 0.3) is 0 Å². The summed E-state index contributed by atoms with van der Waals surface area (Å²) in [6.45, 7) is 17.9. The van der Waals surface area contributed by atoms with Gasteiger partial charge in [0, 0.05) is 14.6 Å². The van der Waals surface area contributed by atoms with Crippen LogP contribution in [0.1, 0.15) is 48.9 Å². The zero-order valence-corrected chi connectivity index (χ0v) is 16.2. The minimum Gasteiger partial charge on any atom is -0.379 e. The monoisotopic (exact) mass is 337 g/mol. The minimum atomic E-state index is 0. The van der Waals surface area contributed by atoms with Crippen LogP contribution in [-0.4, -0.2) is 65.9 Å². The first kappa shape index (κ1) is 25.0. The van der Waals surface area contributed by atoms with E-state index in [-0.39, 0.29) is 1.43 Å². The molecule has 0 aromatic rings. The van der Waals surface area contributed by atoms with Crippen molar-refractivity contribution in [2.24, 2.45) is 5.92 Å². The maximum Gasteiger partial charge on any atom is 0.0701 e. The summed E-state index contributed by atoms with van der Waals surface area (Å²) in [5.74, 6) is 0.686. The van der Waals surface area contributed by atoms with Gasteiger partial charge < -0.3 is 24.3 Å². The third-order valence-corrected chi connectivity index (χ3v) is 2.73. The number of ether oxygens (including phenoxy) is 4. The number of rotatable bonds is 17. The lowest BCUT2D eigenvalue weighted by atomic mass is 10.2. The number of hydrogen-bond donors (Lipinski definition) is 1. The van der Waals surface area contributed by atoms with Crippen LogP contribution in [0, 0.1) is 5.92 Å². The van der Waals surface area contributed by atoms with E-state index in [4.69, 9.17) is 18.9 Å². The van der Waals surface area contributed by atoms with Crippen molar-refractivity contribution < 1.29 is 20.4 Å². The molecule has 5 nitrogen and oxygen atoms in total. The van der Waals surface area contributed by atoms with Crippen LogP contribution < -0.4 is 5.32 Å². The van der Waals surface area contributed by atoms with Gasteiger partial charge >= 0.3 is 0 Å². The predicted octanol–water partition coefficient (Wildman–Crippen LogP) is 3.37. The lowest BCUT2D eigenvalue weighted by molar-refractivity contribution is -0.00171. The van der Waals surface area contributed by atoms with Gasteiger partial charge in [-0.05, 0) is 18.9 Å². The third-order valence-electron chi connectivity index (χ3n) is 2.73. The molecular weight excluding hydrogens is 294 g/mol. The van der Waals surface area contributed by atoms with Crippen LogP contribution >= 0.6 is 0 Å². The van der Waals surface area contributed by atoms with Crippen LogP contribution in [0.15, 0.2) is 0 Å². The fraction of sp³-hybridized carbons (Fsp3) is 1.00. The molecule has 0 aromatic heterocycles. The second-order valence-electron chi connectivity index (χ2n) is 5.40. The summed E-state index contributed by atoms with van der Waals surface area (Å²) in [4.78, 5) is 0. The van der Waals surface area contributed by atoms with Crippen molar-refractivity contribution in [2.45, 2.75) is 47.5 Å². The van der Waals surface area contributed by atoms with Crippen molar-refractivity contribution in [1.29, 1.82) is 0 Å². The SMILES string of the molecule is CC.CCCCOCCOCCOCCOCCNCC(C)C.[HH]. The second-order valence-corrected chi connectivity index (χ2v) is 5.40. The zero-order chi connectivity index (χ0) is 17.6. The first-order valence-corrected chi connectivity index (χ1v) is 9.29. The van der Waals surface area contributed by atoms with Crippen molar-refractivity contribution >= 4 is 0 Å². The van der Waals surface area contributed by atoms with Gasteiger partial charge in [-0.2, -0.15) is 0 Å². The highest BCUT2D eigenvalue weighted by Crippen LogP contribution is 1.88. The predicted molar refractivity (Wildman–Crippen MR) is 99.4 cm³/mol. The Hall–Kier alpha value is -0.200. The summed E-state index contributed by atoms with van der Waals surface area (Å²) in [5, 5.41) is 3.33. The molecular formula is C18H43NO4. The van der Waals surface area contributed by atoms with Crippen LogP contribution in [-0.2, 0) is 18.9 Å². The molecule has 0 aromatic carbocycles. The smallest absolute Gasteiger partial charge is 0.0701 e. The average molecular weight is 338 g/mol. The van der Waals surface area contributed by atoms with Gasteiger partial charge in [0.1, 0.15) is 0 Å². The summed E-state index contributed by atoms with van der Waals surface area (Å²) in [6, 6.07) is 0. The van der Waals surface area contributed by atoms with Crippen molar-refractivity contribution in [3.8, 4) is 0 Å². The highest BCUT2D eigenvalue weighted by Gasteiger charge is 1.94. The molecule has 0 bridgehead atoms. The molecule has 0 rings (SSSR count). The molecule has 0 unspecified atom stereocenters. The molecule has 0 amide bonds. The molecule has 0 heterocycles. The quantitative estimate of drug-likeness (QED) is 0.412. The van der Waals surface area contributed by atoms with Crippen LogP contribution in [0.2, 0.25) is 0 Å². The van der Waals surface area contributed by atoms with E-state index >= 15 is 0 Å². The lowest BCUT2D eigenvalue weighted by Crippen LogP contribution is -2.24. The van der Waals surface area contributed by atoms with E-state index in [1.165, 1.54) is 6.42 Å². The minimum absolute atomic E-state index is 0. The standard InChI is InChI=1S/C16H35NO4.C2H6.H2/c1-4-5-7-18-9-11-20-13-14-21-12-10-19-8-6-17-15-16(2)3;1-2;/h16-17H,4-15H2,1-3H3;1-2H3;1H. The molecule has 0 aliphatic heterocycles. The largest absolute Gasteiger partial charge is 0.379 e. The molecule has 0 atom stereocenters. The normalized spacial score (nSPS) is 10.7. The fourth-order valence-electron chi connectivity index (χ4n) is 1.54. The number of nitrogens with one attached hydrogen (secondary N) is 1. The Morgan fingerprint density at radius 1 is 0.739 bits per heavy atom. The van der Waals surface area contributed by atoms with Gasteiger partial charge in [-0.15, -0.1) is 0 Å². The first-order chi connectivity index (χ1) is 11.3. The Kier molecular flexibility index (Phi) is 26.2. The van der Waals surface area contributed by atoms with Gasteiger partial charge in [0.15, 0.2) is 0 Å². The maximum atomic E-state index is 5.45. The van der Waals surface area contributed by atoms with Gasteiger partial charge in [-0.3, -0.25) is 0 Å². The van der Waals surface area contributed by atoms with Crippen LogP contribution in [0.3, 0.4) is 0 Å². The van der Waals surface area contributed by atoms with Crippen LogP contribution in [0.5, 0.6) is 0 Å². The van der Waals surface area contributed by atoms with E-state index in [9.17, 15) is 0 Å². The highest BCUT2D eigenvalue weighted by atomic mass is 16.6. The van der Waals surface area contributed by atoms with Crippen LogP contribution in [0.25, 0.3) is 0 Å². The van der Waals surface area contributed by atoms with Gasteiger partial charge in [0.05, 0.1) is 46.2 Å². The maximum absolute atomic E-state index is 5.45. The molecule has 23 heavy (non-hydrogen) atoms. The Morgan fingerprint density at radius 3 is 1.61 bits per heavy atom. The second kappa shape index (κ2) is 24.1. The Labute approximate surface area is 145 Å². The first-order valence-electron chi connectivity index (χ1n) is 9.29. The lowest BCUT2D eigenvalue weighted by Gasteiger charge is -2.09. The van der Waals surface area contributed by atoms with E-state index in [0.29, 0.717) is 45.6 Å². The molecule has 0 saturated carbocycles. The summed E-state index contributed by atoms with van der Waals surface area (Å²) in [5.41, 5.74) is 0. The molecule has 0 spiro atoms. The zero-order valence-electron chi connectivity index (χ0n) is 16.2. The van der Waals surface area contributed by atoms with Crippen molar-refractivity contribution in [3.05, 3.63) is 0 Å². The third kappa shape index (κ3) is 27.0. The van der Waals surface area contributed by atoms with Crippen molar-refractivity contribution in [2.75, 3.05) is 65.9 Å². The molecule has 0 radical (unpaired) electrons. The summed E-state index contributed by atoms with van der Waals surface area (Å²) in [6.07, 6.45) is 2.29. The molecule has 0 saturated heterocycles. The van der Waals surface area contributed by atoms with E-state index in [1.54, 1.807) is 0 Å². The van der Waals surface area contributed by atoms with Crippen molar-refractivity contribution in [1.82, 2.24) is 5.32 Å². The van der Waals surface area contributed by atoms with Crippen molar-refractivity contribution in [3.63, 3.8) is 0 Å². The molecule has 5 heteroatoms. The number of hydrogen-bond acceptors (Lipinski definition) is 5. The van der Waals surface area contributed by atoms with E-state index in [1.807, 2.05) is 13.8 Å². The van der Waals surface area contributed by atoms with E-state index in [0.717, 1.165) is 32.7 Å². The molecule has 0 aliphatic rings. The van der Waals surface area contributed by atoms with Crippen LogP contribution in [0.4, 0.5) is 0 Å². The van der Waals surface area contributed by atoms with Gasteiger partial charge in [-0.25, -0.2) is 0 Å². The number of unbranched alkanes of at least 4 members (excludes halogenated alkanes) is 1. The molecule has 1 N–H and O–H groups in total. The highest BCUT2D eigenvalue weighted by molar-refractivity contribution is 4.49. The fourth-order valence-corrected chi connectivity index (χ4v) is 1.54. The van der Waals surface area contributed by atoms with Gasteiger partial charge in [0.2, 0.25) is 0 Å². The molecule has 0 aliphatic carbocycles.